The molecule has 0 aromatic rings. The Balaban J connectivity index is 2.03. The zero-order valence-electron chi connectivity index (χ0n) is 8.79. The number of carbonyl (C=O) groups excluding carboxylic acids is 1. The summed E-state index contributed by atoms with van der Waals surface area (Å²) >= 11 is 1.92. The number of nitrogens with two attached hydrogens (primary N) is 1. The van der Waals surface area contributed by atoms with Crippen molar-refractivity contribution in [2.24, 2.45) is 5.73 Å². The molecular weight excluding hydrogens is 196 g/mol. The van der Waals surface area contributed by atoms with Crippen LogP contribution in [0.15, 0.2) is 0 Å². The molecule has 0 aromatic carbocycles. The highest BCUT2D eigenvalue weighted by Crippen LogP contribution is 2.17. The third-order valence-electron chi connectivity index (χ3n) is 2.36. The molecule has 1 rings (SSSR count). The van der Waals surface area contributed by atoms with E-state index < -0.39 is 0 Å². The number of hydrogen-bond acceptors (Lipinski definition) is 3. The molecule has 0 bridgehead atoms. The number of amides is 1. The van der Waals surface area contributed by atoms with Gasteiger partial charge in [0.2, 0.25) is 5.91 Å². The van der Waals surface area contributed by atoms with Gasteiger partial charge in [0.05, 0.1) is 0 Å². The summed E-state index contributed by atoms with van der Waals surface area (Å²) in [4.78, 5) is 11.4. The van der Waals surface area contributed by atoms with E-state index in [-0.39, 0.29) is 11.9 Å². The predicted octanol–water partition coefficient (Wildman–Crippen LogP) is 1.13. The lowest BCUT2D eigenvalue weighted by Gasteiger charge is -2.11. The second-order valence-corrected chi connectivity index (χ2v) is 5.15. The number of thioether (sulfide) groups is 1. The average molecular weight is 216 g/mol. The van der Waals surface area contributed by atoms with Gasteiger partial charge in [0.15, 0.2) is 0 Å². The maximum absolute atomic E-state index is 11.4. The van der Waals surface area contributed by atoms with E-state index in [0.717, 1.165) is 25.0 Å². The van der Waals surface area contributed by atoms with Gasteiger partial charge in [0, 0.05) is 24.3 Å². The molecule has 2 unspecified atom stereocenters. The molecule has 0 spiro atoms. The quantitative estimate of drug-likeness (QED) is 0.724. The second kappa shape index (κ2) is 6.30. The van der Waals surface area contributed by atoms with Gasteiger partial charge in [-0.05, 0) is 31.9 Å². The first-order valence-electron chi connectivity index (χ1n) is 5.31. The average Bonchev–Trinajstić information content (AvgIpc) is 2.56. The fourth-order valence-corrected chi connectivity index (χ4v) is 2.69. The highest BCUT2D eigenvalue weighted by atomic mass is 32.2. The largest absolute Gasteiger partial charge is 0.353 e. The van der Waals surface area contributed by atoms with Crippen LogP contribution in [0.5, 0.6) is 0 Å². The van der Waals surface area contributed by atoms with Crippen molar-refractivity contribution >= 4 is 17.7 Å². The minimum Gasteiger partial charge on any atom is -0.353 e. The summed E-state index contributed by atoms with van der Waals surface area (Å²) in [5.74, 6) is 2.46. The fraction of sp³-hybridized carbons (Fsp3) is 0.900. The molecule has 1 aliphatic rings. The van der Waals surface area contributed by atoms with E-state index in [2.05, 4.69) is 5.32 Å². The van der Waals surface area contributed by atoms with Gasteiger partial charge in [-0.25, -0.2) is 0 Å². The fourth-order valence-electron chi connectivity index (χ4n) is 1.53. The lowest BCUT2D eigenvalue weighted by Crippen LogP contribution is -2.34. The molecule has 0 aromatic heterocycles. The van der Waals surface area contributed by atoms with Gasteiger partial charge in [-0.1, -0.05) is 0 Å². The Hall–Kier alpha value is -0.220. The Labute approximate surface area is 90.2 Å². The second-order valence-electron chi connectivity index (χ2n) is 4.00. The highest BCUT2D eigenvalue weighted by molar-refractivity contribution is 7.99. The Bertz CT molecular complexity index is 179. The van der Waals surface area contributed by atoms with E-state index in [1.54, 1.807) is 0 Å². The number of hydrogen-bond donors (Lipinski definition) is 2. The molecule has 14 heavy (non-hydrogen) atoms. The first-order valence-corrected chi connectivity index (χ1v) is 6.46. The van der Waals surface area contributed by atoms with Crippen molar-refractivity contribution in [3.63, 3.8) is 0 Å². The standard InChI is InChI=1S/C10H20N2OS/c1-8(11)3-2-4-10(13)12-9-5-6-14-7-9/h8-9H,2-7,11H2,1H3,(H,12,13). The van der Waals surface area contributed by atoms with Crippen LogP contribution < -0.4 is 11.1 Å². The van der Waals surface area contributed by atoms with Crippen LogP contribution in [0, 0.1) is 0 Å². The summed E-state index contributed by atoms with van der Waals surface area (Å²) in [6.45, 7) is 1.98. The Morgan fingerprint density at radius 3 is 3.07 bits per heavy atom. The number of rotatable bonds is 5. The Kier molecular flexibility index (Phi) is 5.33. The van der Waals surface area contributed by atoms with E-state index >= 15 is 0 Å². The first-order chi connectivity index (χ1) is 6.68. The molecule has 1 fully saturated rings. The summed E-state index contributed by atoms with van der Waals surface area (Å²) in [6.07, 6.45) is 3.60. The van der Waals surface area contributed by atoms with Crippen LogP contribution in [0.1, 0.15) is 32.6 Å². The third kappa shape index (κ3) is 4.86. The van der Waals surface area contributed by atoms with Crippen LogP contribution in [0.4, 0.5) is 0 Å². The molecule has 1 aliphatic heterocycles. The van der Waals surface area contributed by atoms with Crippen LogP contribution in [-0.2, 0) is 4.79 Å². The van der Waals surface area contributed by atoms with Gasteiger partial charge in [0.25, 0.3) is 0 Å². The van der Waals surface area contributed by atoms with Crippen molar-refractivity contribution in [2.75, 3.05) is 11.5 Å². The molecule has 1 heterocycles. The number of nitrogens with one attached hydrogen (secondary N) is 1. The first kappa shape index (κ1) is 11.9. The zero-order chi connectivity index (χ0) is 10.4. The predicted molar refractivity (Wildman–Crippen MR) is 61.4 cm³/mol. The summed E-state index contributed by atoms with van der Waals surface area (Å²) < 4.78 is 0. The lowest BCUT2D eigenvalue weighted by molar-refractivity contribution is -0.121. The van der Waals surface area contributed by atoms with Crippen molar-refractivity contribution in [1.29, 1.82) is 0 Å². The van der Waals surface area contributed by atoms with E-state index in [0.29, 0.717) is 12.5 Å². The number of carbonyl (C=O) groups is 1. The highest BCUT2D eigenvalue weighted by Gasteiger charge is 2.16. The van der Waals surface area contributed by atoms with Crippen molar-refractivity contribution < 1.29 is 4.79 Å². The lowest BCUT2D eigenvalue weighted by atomic mass is 10.1. The molecule has 0 aliphatic carbocycles. The molecule has 3 N–H and O–H groups in total. The summed E-state index contributed by atoms with van der Waals surface area (Å²) in [6, 6.07) is 0.632. The van der Waals surface area contributed by atoms with Crippen LogP contribution in [0.3, 0.4) is 0 Å². The Morgan fingerprint density at radius 1 is 1.71 bits per heavy atom. The minimum absolute atomic E-state index is 0.193. The summed E-state index contributed by atoms with van der Waals surface area (Å²) in [7, 11) is 0. The molecular formula is C10H20N2OS. The Morgan fingerprint density at radius 2 is 2.50 bits per heavy atom. The van der Waals surface area contributed by atoms with Crippen molar-refractivity contribution in [3.05, 3.63) is 0 Å². The van der Waals surface area contributed by atoms with E-state index in [4.69, 9.17) is 5.73 Å². The van der Waals surface area contributed by atoms with Crippen LogP contribution >= 0.6 is 11.8 Å². The van der Waals surface area contributed by atoms with Crippen molar-refractivity contribution in [3.8, 4) is 0 Å². The summed E-state index contributed by atoms with van der Waals surface area (Å²) in [5.41, 5.74) is 5.61. The van der Waals surface area contributed by atoms with Crippen LogP contribution in [0.2, 0.25) is 0 Å². The molecule has 1 amide bonds. The van der Waals surface area contributed by atoms with Gasteiger partial charge < -0.3 is 11.1 Å². The van der Waals surface area contributed by atoms with Crippen LogP contribution in [0.25, 0.3) is 0 Å². The molecule has 2 atom stereocenters. The third-order valence-corrected chi connectivity index (χ3v) is 3.52. The van der Waals surface area contributed by atoms with E-state index in [1.165, 1.54) is 5.75 Å². The molecule has 3 nitrogen and oxygen atoms in total. The minimum atomic E-state index is 0.193. The van der Waals surface area contributed by atoms with Gasteiger partial charge in [-0.2, -0.15) is 11.8 Å². The van der Waals surface area contributed by atoms with Gasteiger partial charge in [0.1, 0.15) is 0 Å². The zero-order valence-corrected chi connectivity index (χ0v) is 9.61. The monoisotopic (exact) mass is 216 g/mol. The van der Waals surface area contributed by atoms with Crippen LogP contribution in [-0.4, -0.2) is 29.5 Å². The van der Waals surface area contributed by atoms with Crippen molar-refractivity contribution in [2.45, 2.75) is 44.7 Å². The SMILES string of the molecule is CC(N)CCCC(=O)NC1CCSC1. The smallest absolute Gasteiger partial charge is 0.220 e. The van der Waals surface area contributed by atoms with Gasteiger partial charge >= 0.3 is 0 Å². The maximum Gasteiger partial charge on any atom is 0.220 e. The molecule has 1 saturated heterocycles. The van der Waals surface area contributed by atoms with E-state index in [1.807, 2.05) is 18.7 Å². The van der Waals surface area contributed by atoms with Crippen molar-refractivity contribution in [1.82, 2.24) is 5.32 Å². The molecule has 0 saturated carbocycles. The van der Waals surface area contributed by atoms with Gasteiger partial charge in [-0.15, -0.1) is 0 Å². The van der Waals surface area contributed by atoms with E-state index in [9.17, 15) is 4.79 Å². The summed E-state index contributed by atoms with van der Waals surface area (Å²) in [5, 5.41) is 3.05. The normalized spacial score (nSPS) is 23.4. The molecule has 4 heteroatoms. The molecule has 0 radical (unpaired) electrons. The molecule has 82 valence electrons. The topological polar surface area (TPSA) is 55.1 Å². The maximum atomic E-state index is 11.4. The van der Waals surface area contributed by atoms with Gasteiger partial charge in [-0.3, -0.25) is 4.79 Å².